The van der Waals surface area contributed by atoms with Gasteiger partial charge in [-0.3, -0.25) is 4.40 Å². The van der Waals surface area contributed by atoms with Crippen LogP contribution < -0.4 is 11.1 Å². The SMILES string of the molecule is Cc1nnc2c(NC(C)(C)C(C)N)nccn12. The van der Waals surface area contributed by atoms with E-state index in [1.165, 1.54) is 0 Å². The summed E-state index contributed by atoms with van der Waals surface area (Å²) < 4.78 is 1.90. The van der Waals surface area contributed by atoms with E-state index in [0.717, 1.165) is 11.5 Å². The van der Waals surface area contributed by atoms with E-state index in [1.54, 1.807) is 6.20 Å². The number of nitrogens with zero attached hydrogens (tertiary/aromatic N) is 4. The van der Waals surface area contributed by atoms with Crippen LogP contribution in [0, 0.1) is 6.92 Å². The first-order valence-corrected chi connectivity index (χ1v) is 5.62. The zero-order valence-electron chi connectivity index (χ0n) is 10.6. The summed E-state index contributed by atoms with van der Waals surface area (Å²) in [5, 5.41) is 11.5. The van der Waals surface area contributed by atoms with Gasteiger partial charge in [0.2, 0.25) is 5.65 Å². The fraction of sp³-hybridized carbons (Fsp3) is 0.545. The van der Waals surface area contributed by atoms with Gasteiger partial charge in [0, 0.05) is 24.0 Å². The molecule has 1 atom stereocenters. The van der Waals surface area contributed by atoms with E-state index >= 15 is 0 Å². The lowest BCUT2D eigenvalue weighted by atomic mass is 9.97. The van der Waals surface area contributed by atoms with Crippen LogP contribution in [-0.2, 0) is 0 Å². The van der Waals surface area contributed by atoms with Crippen LogP contribution in [0.4, 0.5) is 5.82 Å². The van der Waals surface area contributed by atoms with Gasteiger partial charge in [0.15, 0.2) is 5.82 Å². The van der Waals surface area contributed by atoms with E-state index in [-0.39, 0.29) is 11.6 Å². The van der Waals surface area contributed by atoms with E-state index in [0.29, 0.717) is 5.82 Å². The number of aromatic nitrogens is 4. The van der Waals surface area contributed by atoms with Crippen molar-refractivity contribution in [3.05, 3.63) is 18.2 Å². The molecule has 0 spiro atoms. The van der Waals surface area contributed by atoms with Gasteiger partial charge in [0.05, 0.1) is 0 Å². The number of nitrogens with two attached hydrogens (primary N) is 1. The molecule has 2 aromatic rings. The van der Waals surface area contributed by atoms with E-state index in [2.05, 4.69) is 20.5 Å². The quantitative estimate of drug-likeness (QED) is 0.827. The summed E-state index contributed by atoms with van der Waals surface area (Å²) in [7, 11) is 0. The minimum atomic E-state index is -0.255. The van der Waals surface area contributed by atoms with E-state index < -0.39 is 0 Å². The average molecular weight is 234 g/mol. The van der Waals surface area contributed by atoms with Gasteiger partial charge in [0.25, 0.3) is 0 Å². The van der Waals surface area contributed by atoms with Gasteiger partial charge in [-0.05, 0) is 27.7 Å². The van der Waals surface area contributed by atoms with Crippen LogP contribution in [0.15, 0.2) is 12.4 Å². The molecule has 17 heavy (non-hydrogen) atoms. The van der Waals surface area contributed by atoms with Crippen molar-refractivity contribution < 1.29 is 0 Å². The summed E-state index contributed by atoms with van der Waals surface area (Å²) in [6.45, 7) is 7.93. The molecule has 1 unspecified atom stereocenters. The maximum atomic E-state index is 5.93. The molecule has 2 heterocycles. The van der Waals surface area contributed by atoms with Crippen LogP contribution in [0.2, 0.25) is 0 Å². The Kier molecular flexibility index (Phi) is 2.74. The number of rotatable bonds is 3. The second-order valence-electron chi connectivity index (χ2n) is 4.85. The van der Waals surface area contributed by atoms with Gasteiger partial charge in [-0.15, -0.1) is 10.2 Å². The highest BCUT2D eigenvalue weighted by Gasteiger charge is 2.24. The van der Waals surface area contributed by atoms with Crippen LogP contribution in [0.1, 0.15) is 26.6 Å². The fourth-order valence-electron chi connectivity index (χ4n) is 1.45. The van der Waals surface area contributed by atoms with Crippen LogP contribution in [-0.4, -0.2) is 31.2 Å². The Bertz CT molecular complexity index is 528. The first-order chi connectivity index (χ1) is 7.92. The molecule has 0 aromatic carbocycles. The molecule has 0 aliphatic rings. The van der Waals surface area contributed by atoms with Gasteiger partial charge in [-0.1, -0.05) is 0 Å². The van der Waals surface area contributed by atoms with E-state index in [1.807, 2.05) is 38.3 Å². The number of aryl methyl sites for hydroxylation is 1. The second kappa shape index (κ2) is 3.96. The fourth-order valence-corrected chi connectivity index (χ4v) is 1.45. The number of anilines is 1. The van der Waals surface area contributed by atoms with Crippen molar-refractivity contribution in [3.8, 4) is 0 Å². The standard InChI is InChI=1S/C11H18N6/c1-7(12)11(3,4)14-9-10-16-15-8(2)17(10)6-5-13-9/h5-7H,12H2,1-4H3,(H,13,14). The Balaban J connectivity index is 2.43. The summed E-state index contributed by atoms with van der Waals surface area (Å²) in [6.07, 6.45) is 3.57. The van der Waals surface area contributed by atoms with Crippen LogP contribution >= 0.6 is 0 Å². The molecule has 0 bridgehead atoms. The molecule has 0 saturated carbocycles. The molecule has 0 amide bonds. The second-order valence-corrected chi connectivity index (χ2v) is 4.85. The van der Waals surface area contributed by atoms with Crippen molar-refractivity contribution in [2.24, 2.45) is 5.73 Å². The summed E-state index contributed by atoms with van der Waals surface area (Å²) in [5.41, 5.74) is 6.40. The van der Waals surface area contributed by atoms with Crippen LogP contribution in [0.25, 0.3) is 5.65 Å². The highest BCUT2D eigenvalue weighted by molar-refractivity contribution is 5.63. The summed E-state index contributed by atoms with van der Waals surface area (Å²) in [6, 6.07) is -0.00595. The highest BCUT2D eigenvalue weighted by Crippen LogP contribution is 2.19. The largest absolute Gasteiger partial charge is 0.360 e. The lowest BCUT2D eigenvalue weighted by Crippen LogP contribution is -2.47. The maximum Gasteiger partial charge on any atom is 0.203 e. The Morgan fingerprint density at radius 2 is 2.12 bits per heavy atom. The van der Waals surface area contributed by atoms with Crippen molar-refractivity contribution >= 4 is 11.5 Å². The zero-order valence-corrected chi connectivity index (χ0v) is 10.6. The van der Waals surface area contributed by atoms with Crippen molar-refractivity contribution in [1.29, 1.82) is 0 Å². The Morgan fingerprint density at radius 3 is 2.76 bits per heavy atom. The highest BCUT2D eigenvalue weighted by atomic mass is 15.3. The minimum absolute atomic E-state index is 0.00595. The van der Waals surface area contributed by atoms with E-state index in [4.69, 9.17) is 5.73 Å². The first kappa shape index (κ1) is 11.8. The smallest absolute Gasteiger partial charge is 0.203 e. The third kappa shape index (κ3) is 2.08. The monoisotopic (exact) mass is 234 g/mol. The molecular weight excluding hydrogens is 216 g/mol. The molecule has 3 N–H and O–H groups in total. The number of fused-ring (bicyclic) bond motifs is 1. The summed E-state index contributed by atoms with van der Waals surface area (Å²) in [5.74, 6) is 1.54. The maximum absolute atomic E-state index is 5.93. The normalized spacial score (nSPS) is 13.9. The third-order valence-corrected chi connectivity index (χ3v) is 3.08. The minimum Gasteiger partial charge on any atom is -0.360 e. The third-order valence-electron chi connectivity index (χ3n) is 3.08. The van der Waals surface area contributed by atoms with Crippen molar-refractivity contribution in [2.45, 2.75) is 39.3 Å². The molecule has 0 radical (unpaired) electrons. The summed E-state index contributed by atoms with van der Waals surface area (Å²) in [4.78, 5) is 4.30. The molecule has 0 saturated heterocycles. The predicted molar refractivity (Wildman–Crippen MR) is 66.9 cm³/mol. The molecule has 0 aliphatic carbocycles. The van der Waals surface area contributed by atoms with Crippen molar-refractivity contribution in [3.63, 3.8) is 0 Å². The Morgan fingerprint density at radius 1 is 1.41 bits per heavy atom. The van der Waals surface area contributed by atoms with Gasteiger partial charge in [-0.2, -0.15) is 0 Å². The number of hydrogen-bond acceptors (Lipinski definition) is 5. The molecule has 0 aliphatic heterocycles. The Hall–Kier alpha value is -1.69. The lowest BCUT2D eigenvalue weighted by molar-refractivity contribution is 0.469. The van der Waals surface area contributed by atoms with Gasteiger partial charge in [0.1, 0.15) is 5.82 Å². The molecule has 0 fully saturated rings. The molecule has 6 nitrogen and oxygen atoms in total. The van der Waals surface area contributed by atoms with E-state index in [9.17, 15) is 0 Å². The molecule has 92 valence electrons. The molecular formula is C11H18N6. The van der Waals surface area contributed by atoms with Gasteiger partial charge >= 0.3 is 0 Å². The average Bonchev–Trinajstić information content (AvgIpc) is 2.61. The van der Waals surface area contributed by atoms with Crippen molar-refractivity contribution in [1.82, 2.24) is 19.6 Å². The lowest BCUT2D eigenvalue weighted by Gasteiger charge is -2.30. The molecule has 2 rings (SSSR count). The first-order valence-electron chi connectivity index (χ1n) is 5.62. The zero-order chi connectivity index (χ0) is 12.6. The number of nitrogens with one attached hydrogen (secondary N) is 1. The topological polar surface area (TPSA) is 81.1 Å². The van der Waals surface area contributed by atoms with Gasteiger partial charge < -0.3 is 11.1 Å². The Labute approximate surface area is 100 Å². The number of hydrogen-bond donors (Lipinski definition) is 2. The van der Waals surface area contributed by atoms with Crippen molar-refractivity contribution in [2.75, 3.05) is 5.32 Å². The molecule has 2 aromatic heterocycles. The van der Waals surface area contributed by atoms with Crippen LogP contribution in [0.5, 0.6) is 0 Å². The predicted octanol–water partition coefficient (Wildman–Crippen LogP) is 0.970. The van der Waals surface area contributed by atoms with Gasteiger partial charge in [-0.25, -0.2) is 4.98 Å². The van der Waals surface area contributed by atoms with Crippen LogP contribution in [0.3, 0.4) is 0 Å². The summed E-state index contributed by atoms with van der Waals surface area (Å²) >= 11 is 0. The molecule has 6 heteroatoms.